The summed E-state index contributed by atoms with van der Waals surface area (Å²) in [7, 11) is 0. The zero-order valence-electron chi connectivity index (χ0n) is 16.0. The van der Waals surface area contributed by atoms with Gasteiger partial charge in [0.05, 0.1) is 10.6 Å². The Morgan fingerprint density at radius 2 is 1.77 bits per heavy atom. The average molecular weight is 460 g/mol. The fourth-order valence-electron chi connectivity index (χ4n) is 2.82. The molecular formula is C22H19ClFN3OS2. The fraction of sp³-hybridized carbons (Fsp3) is 0.0909. The molecule has 4 nitrogen and oxygen atoms in total. The van der Waals surface area contributed by atoms with Crippen molar-refractivity contribution in [1.82, 2.24) is 0 Å². The molecule has 154 valence electrons. The summed E-state index contributed by atoms with van der Waals surface area (Å²) < 4.78 is 14.5. The van der Waals surface area contributed by atoms with Gasteiger partial charge in [0, 0.05) is 21.8 Å². The van der Waals surface area contributed by atoms with Gasteiger partial charge in [-0.1, -0.05) is 42.8 Å². The molecule has 3 rings (SSSR count). The molecule has 0 saturated carbocycles. The number of anilines is 2. The molecule has 1 amide bonds. The number of halogens is 2. The number of benzene rings is 3. The van der Waals surface area contributed by atoms with Gasteiger partial charge in [0.1, 0.15) is 5.82 Å². The van der Waals surface area contributed by atoms with Crippen LogP contribution in [0.25, 0.3) is 11.1 Å². The quantitative estimate of drug-likeness (QED) is 0.304. The van der Waals surface area contributed by atoms with Gasteiger partial charge in [-0.25, -0.2) is 4.39 Å². The average Bonchev–Trinajstić information content (AvgIpc) is 2.71. The van der Waals surface area contributed by atoms with E-state index in [1.54, 1.807) is 48.2 Å². The Morgan fingerprint density at radius 3 is 2.40 bits per heavy atom. The molecule has 30 heavy (non-hydrogen) atoms. The van der Waals surface area contributed by atoms with Gasteiger partial charge in [0.25, 0.3) is 5.91 Å². The molecule has 0 aliphatic heterocycles. The van der Waals surface area contributed by atoms with Gasteiger partial charge >= 0.3 is 0 Å². The summed E-state index contributed by atoms with van der Waals surface area (Å²) in [6.45, 7) is 2.07. The van der Waals surface area contributed by atoms with Crippen LogP contribution in [0.2, 0.25) is 5.02 Å². The van der Waals surface area contributed by atoms with E-state index < -0.39 is 11.7 Å². The van der Waals surface area contributed by atoms with Crippen LogP contribution in [0.1, 0.15) is 17.3 Å². The molecule has 0 heterocycles. The normalized spacial score (nSPS) is 10.5. The second kappa shape index (κ2) is 9.93. The van der Waals surface area contributed by atoms with Gasteiger partial charge in [-0.15, -0.1) is 11.8 Å². The summed E-state index contributed by atoms with van der Waals surface area (Å²) in [5.41, 5.74) is 7.51. The first kappa shape index (κ1) is 22.1. The number of nitrogens with one attached hydrogen (secondary N) is 2. The molecule has 0 fully saturated rings. The van der Waals surface area contributed by atoms with E-state index in [9.17, 15) is 9.18 Å². The van der Waals surface area contributed by atoms with Gasteiger partial charge in [0.15, 0.2) is 5.11 Å². The summed E-state index contributed by atoms with van der Waals surface area (Å²) in [4.78, 5) is 12.4. The highest BCUT2D eigenvalue weighted by atomic mass is 35.5. The van der Waals surface area contributed by atoms with Crippen LogP contribution < -0.4 is 16.4 Å². The Balaban J connectivity index is 1.69. The SMILES string of the molecule is CCSc1ccc(NC(=S)Nc2ccc(-c3cccc(C(N)=O)c3F)cc2)cc1Cl. The first-order chi connectivity index (χ1) is 14.4. The van der Waals surface area contributed by atoms with Crippen molar-refractivity contribution < 1.29 is 9.18 Å². The van der Waals surface area contributed by atoms with Crippen molar-refractivity contribution in [2.45, 2.75) is 11.8 Å². The van der Waals surface area contributed by atoms with Gasteiger partial charge in [0.2, 0.25) is 0 Å². The molecule has 8 heteroatoms. The predicted octanol–water partition coefficient (Wildman–Crippen LogP) is 6.17. The molecule has 3 aromatic rings. The third-order valence-corrected chi connectivity index (χ3v) is 5.79. The lowest BCUT2D eigenvalue weighted by molar-refractivity contribution is 0.0996. The van der Waals surface area contributed by atoms with Crippen molar-refractivity contribution in [2.75, 3.05) is 16.4 Å². The van der Waals surface area contributed by atoms with E-state index in [1.165, 1.54) is 6.07 Å². The first-order valence-electron chi connectivity index (χ1n) is 9.08. The Bertz CT molecular complexity index is 1090. The summed E-state index contributed by atoms with van der Waals surface area (Å²) in [5, 5.41) is 7.23. The molecule has 0 saturated heterocycles. The van der Waals surface area contributed by atoms with Crippen LogP contribution in [0.4, 0.5) is 15.8 Å². The minimum Gasteiger partial charge on any atom is -0.366 e. The molecule has 0 unspecified atom stereocenters. The Morgan fingerprint density at radius 1 is 1.10 bits per heavy atom. The number of carbonyl (C=O) groups excluding carboxylic acids is 1. The van der Waals surface area contributed by atoms with Gasteiger partial charge in [-0.3, -0.25) is 4.79 Å². The molecule has 0 bridgehead atoms. The van der Waals surface area contributed by atoms with Crippen LogP contribution in [0, 0.1) is 5.82 Å². The minimum atomic E-state index is -0.800. The number of primary amides is 1. The molecule has 0 aliphatic rings. The zero-order valence-corrected chi connectivity index (χ0v) is 18.4. The number of hydrogen-bond acceptors (Lipinski definition) is 3. The standard InChI is InChI=1S/C22H19ClFN3OS2/c1-2-30-19-11-10-15(12-18(19)23)27-22(29)26-14-8-6-13(7-9-14)16-4-3-5-17(20(16)24)21(25)28/h3-12H,2H2,1H3,(H2,25,28)(H2,26,27,29). The molecule has 3 aromatic carbocycles. The summed E-state index contributed by atoms with van der Waals surface area (Å²) in [6, 6.07) is 17.3. The van der Waals surface area contributed by atoms with E-state index in [4.69, 9.17) is 29.6 Å². The van der Waals surface area contributed by atoms with Crippen molar-refractivity contribution in [3.63, 3.8) is 0 Å². The monoisotopic (exact) mass is 459 g/mol. The van der Waals surface area contributed by atoms with E-state index in [-0.39, 0.29) is 5.56 Å². The maximum Gasteiger partial charge on any atom is 0.251 e. The van der Waals surface area contributed by atoms with Crippen LogP contribution in [0.3, 0.4) is 0 Å². The predicted molar refractivity (Wildman–Crippen MR) is 128 cm³/mol. The topological polar surface area (TPSA) is 67.2 Å². The van der Waals surface area contributed by atoms with E-state index in [2.05, 4.69) is 17.6 Å². The van der Waals surface area contributed by atoms with Crippen LogP contribution >= 0.6 is 35.6 Å². The lowest BCUT2D eigenvalue weighted by Gasteiger charge is -2.13. The zero-order chi connectivity index (χ0) is 21.7. The molecule has 0 aliphatic carbocycles. The lowest BCUT2D eigenvalue weighted by Crippen LogP contribution is -2.19. The van der Waals surface area contributed by atoms with E-state index in [0.29, 0.717) is 21.3 Å². The number of amides is 1. The molecule has 4 N–H and O–H groups in total. The van der Waals surface area contributed by atoms with E-state index >= 15 is 0 Å². The number of rotatable bonds is 6. The molecule has 0 radical (unpaired) electrons. The van der Waals surface area contributed by atoms with Crippen LogP contribution in [-0.2, 0) is 0 Å². The van der Waals surface area contributed by atoms with Crippen molar-refractivity contribution in [1.29, 1.82) is 0 Å². The van der Waals surface area contributed by atoms with Crippen molar-refractivity contribution in [3.05, 3.63) is 77.1 Å². The van der Waals surface area contributed by atoms with Crippen LogP contribution in [-0.4, -0.2) is 16.8 Å². The second-order valence-corrected chi connectivity index (χ2v) is 8.39. The minimum absolute atomic E-state index is 0.137. The highest BCUT2D eigenvalue weighted by Crippen LogP contribution is 2.30. The number of carbonyl (C=O) groups is 1. The summed E-state index contributed by atoms with van der Waals surface area (Å²) in [5.74, 6) is -0.492. The summed E-state index contributed by atoms with van der Waals surface area (Å²) in [6.07, 6.45) is 0. The van der Waals surface area contributed by atoms with Crippen molar-refractivity contribution >= 4 is 58.0 Å². The number of nitrogens with two attached hydrogens (primary N) is 1. The summed E-state index contributed by atoms with van der Waals surface area (Å²) >= 11 is 13.3. The Kier molecular flexibility index (Phi) is 7.31. The number of hydrogen-bond donors (Lipinski definition) is 3. The molecule has 0 aromatic heterocycles. The lowest BCUT2D eigenvalue weighted by atomic mass is 10.0. The third-order valence-electron chi connectivity index (χ3n) is 4.21. The van der Waals surface area contributed by atoms with Crippen LogP contribution in [0.5, 0.6) is 0 Å². The Labute approximate surface area is 189 Å². The third kappa shape index (κ3) is 5.30. The second-order valence-electron chi connectivity index (χ2n) is 6.27. The molecule has 0 atom stereocenters. The highest BCUT2D eigenvalue weighted by molar-refractivity contribution is 7.99. The van der Waals surface area contributed by atoms with Gasteiger partial charge in [-0.2, -0.15) is 0 Å². The Hall–Kier alpha value is -2.61. The van der Waals surface area contributed by atoms with E-state index in [1.807, 2.05) is 18.2 Å². The van der Waals surface area contributed by atoms with Crippen LogP contribution in [0.15, 0.2) is 65.6 Å². The maximum atomic E-state index is 14.5. The molecular weight excluding hydrogens is 441 g/mol. The molecule has 0 spiro atoms. The van der Waals surface area contributed by atoms with E-state index in [0.717, 1.165) is 22.0 Å². The number of thiocarbonyl (C=S) groups is 1. The van der Waals surface area contributed by atoms with Crippen molar-refractivity contribution in [2.24, 2.45) is 5.73 Å². The number of thioether (sulfide) groups is 1. The smallest absolute Gasteiger partial charge is 0.251 e. The maximum absolute atomic E-state index is 14.5. The first-order valence-corrected chi connectivity index (χ1v) is 10.9. The highest BCUT2D eigenvalue weighted by Gasteiger charge is 2.13. The largest absolute Gasteiger partial charge is 0.366 e. The van der Waals surface area contributed by atoms with Gasteiger partial charge < -0.3 is 16.4 Å². The fourth-order valence-corrected chi connectivity index (χ4v) is 4.07. The van der Waals surface area contributed by atoms with Gasteiger partial charge in [-0.05, 0) is 59.9 Å². The van der Waals surface area contributed by atoms with Crippen molar-refractivity contribution in [3.8, 4) is 11.1 Å².